The topological polar surface area (TPSA) is 132 Å². The molecule has 4 saturated heterocycles. The van der Waals surface area contributed by atoms with Crippen LogP contribution in [0.2, 0.25) is 0 Å². The molecular formula is C34H34F2N6O7S. The lowest BCUT2D eigenvalue weighted by molar-refractivity contribution is -0.0451. The van der Waals surface area contributed by atoms with Crippen molar-refractivity contribution < 1.29 is 42.4 Å². The molecule has 0 aliphatic carbocycles. The molecule has 4 fully saturated rings. The number of terminal acetylenes is 1. The van der Waals surface area contributed by atoms with Crippen molar-refractivity contribution >= 4 is 44.4 Å². The van der Waals surface area contributed by atoms with Crippen molar-refractivity contribution in [2.24, 2.45) is 0 Å². The van der Waals surface area contributed by atoms with Gasteiger partial charge in [-0.25, -0.2) is 13.6 Å². The van der Waals surface area contributed by atoms with E-state index in [9.17, 15) is 18.7 Å². The molecule has 4 atom stereocenters. The van der Waals surface area contributed by atoms with Crippen LogP contribution < -0.4 is 19.1 Å². The van der Waals surface area contributed by atoms with Crippen LogP contribution in [0.3, 0.4) is 0 Å². The molecule has 4 aliphatic heterocycles. The first-order valence-electron chi connectivity index (χ1n) is 16.3. The Labute approximate surface area is 289 Å². The molecule has 6 heterocycles. The smallest absolute Gasteiger partial charge is 0.408 e. The van der Waals surface area contributed by atoms with Crippen LogP contribution in [0, 0.1) is 18.2 Å². The van der Waals surface area contributed by atoms with Crippen molar-refractivity contribution in [3.8, 4) is 35.0 Å². The minimum absolute atomic E-state index is 0.0236. The van der Waals surface area contributed by atoms with E-state index in [1.807, 2.05) is 4.90 Å². The Bertz CT molecular complexity index is 2000. The van der Waals surface area contributed by atoms with Gasteiger partial charge in [0.05, 0.1) is 36.4 Å². The fourth-order valence-corrected chi connectivity index (χ4v) is 8.59. The Hall–Kier alpha value is -4.56. The molecule has 4 aliphatic rings. The largest absolute Gasteiger partial charge is 0.467 e. The third kappa shape index (κ3) is 5.77. The maximum absolute atomic E-state index is 14.9. The van der Waals surface area contributed by atoms with Crippen molar-refractivity contribution in [1.29, 1.82) is 0 Å². The number of thiazole rings is 1. The number of ether oxygens (including phenoxy) is 5. The van der Waals surface area contributed by atoms with Gasteiger partial charge in [0.2, 0.25) is 0 Å². The number of carbonyl (C=O) groups is 1. The van der Waals surface area contributed by atoms with Gasteiger partial charge in [-0.2, -0.15) is 15.0 Å². The summed E-state index contributed by atoms with van der Waals surface area (Å²) in [7, 11) is 1.50. The summed E-state index contributed by atoms with van der Waals surface area (Å²) in [6.07, 6.45) is 6.00. The number of nitrogens with zero attached hydrogens (tertiary/aromatic N) is 6. The molecule has 2 aromatic heterocycles. The van der Waals surface area contributed by atoms with E-state index in [2.05, 4.69) is 10.8 Å². The Morgan fingerprint density at radius 2 is 2.00 bits per heavy atom. The van der Waals surface area contributed by atoms with Crippen molar-refractivity contribution in [1.82, 2.24) is 24.8 Å². The first-order chi connectivity index (χ1) is 24.2. The number of carboxylic acid groups (broad SMARTS) is 1. The lowest BCUT2D eigenvalue weighted by Gasteiger charge is -2.48. The molecule has 50 heavy (non-hydrogen) atoms. The lowest BCUT2D eigenvalue weighted by Crippen LogP contribution is -2.66. The molecule has 1 amide bonds. The molecule has 1 N–H and O–H groups in total. The second-order valence-electron chi connectivity index (χ2n) is 13.0. The molecule has 8 rings (SSSR count). The molecule has 0 saturated carbocycles. The molecule has 4 aromatic rings. The molecule has 0 spiro atoms. The van der Waals surface area contributed by atoms with Gasteiger partial charge >= 0.3 is 12.1 Å². The summed E-state index contributed by atoms with van der Waals surface area (Å²) >= 11 is 1.14. The average Bonchev–Trinajstić information content (AvgIpc) is 3.77. The summed E-state index contributed by atoms with van der Waals surface area (Å²) in [5, 5.41) is 11.1. The number of hydrogen-bond acceptors (Lipinski definition) is 12. The monoisotopic (exact) mass is 708 g/mol. The summed E-state index contributed by atoms with van der Waals surface area (Å²) in [6.45, 7) is 2.51. The van der Waals surface area contributed by atoms with Gasteiger partial charge in [0.25, 0.3) is 5.19 Å². The van der Waals surface area contributed by atoms with Gasteiger partial charge < -0.3 is 33.7 Å². The zero-order valence-corrected chi connectivity index (χ0v) is 28.0. The summed E-state index contributed by atoms with van der Waals surface area (Å²) in [6, 6.07) is 5.43. The van der Waals surface area contributed by atoms with Crippen LogP contribution in [-0.4, -0.2) is 120 Å². The third-order valence-corrected chi connectivity index (χ3v) is 10.7. The number of halogens is 2. The van der Waals surface area contributed by atoms with Gasteiger partial charge in [-0.1, -0.05) is 23.3 Å². The number of amides is 1. The van der Waals surface area contributed by atoms with Gasteiger partial charge in [-0.05, 0) is 36.9 Å². The fourth-order valence-electron chi connectivity index (χ4n) is 7.80. The number of piperazine rings is 1. The van der Waals surface area contributed by atoms with E-state index >= 15 is 0 Å². The molecule has 0 radical (unpaired) electrons. The summed E-state index contributed by atoms with van der Waals surface area (Å²) < 4.78 is 58.5. The summed E-state index contributed by atoms with van der Waals surface area (Å²) in [4.78, 5) is 32.5. The number of anilines is 1. The molecule has 2 aromatic carbocycles. The van der Waals surface area contributed by atoms with Crippen molar-refractivity contribution in [2.75, 3.05) is 64.8 Å². The molecule has 2 unspecified atom stereocenters. The number of morpholine rings is 1. The SMILES string of the molecule is C#Cc1c(F)ccc2cc(OCOC)cc(Oc3nc4c(N5CC6COCC(C5)N6C(=O)O)nc(OC[C@@]56CCCN5C[C@H](F)C6)nc4s3)c12. The third-order valence-electron chi connectivity index (χ3n) is 9.91. The van der Waals surface area contributed by atoms with E-state index in [0.717, 1.165) is 30.7 Å². The highest BCUT2D eigenvalue weighted by Gasteiger charge is 2.49. The van der Waals surface area contributed by atoms with Gasteiger partial charge in [0, 0.05) is 44.6 Å². The van der Waals surface area contributed by atoms with E-state index in [1.165, 1.54) is 18.1 Å². The molecule has 16 heteroatoms. The van der Waals surface area contributed by atoms with Crippen LogP contribution in [0.5, 0.6) is 22.7 Å². The number of fused-ring (bicyclic) bond motifs is 5. The number of methoxy groups -OCH3 is 1. The van der Waals surface area contributed by atoms with Crippen LogP contribution in [0.25, 0.3) is 21.1 Å². The van der Waals surface area contributed by atoms with E-state index in [4.69, 9.17) is 45.1 Å². The van der Waals surface area contributed by atoms with Gasteiger partial charge in [0.1, 0.15) is 35.6 Å². The molecule has 2 bridgehead atoms. The van der Waals surface area contributed by atoms with E-state index in [0.29, 0.717) is 58.7 Å². The van der Waals surface area contributed by atoms with Crippen LogP contribution in [0.15, 0.2) is 24.3 Å². The number of rotatable bonds is 9. The first-order valence-corrected chi connectivity index (χ1v) is 17.1. The zero-order chi connectivity index (χ0) is 34.6. The number of benzene rings is 2. The van der Waals surface area contributed by atoms with E-state index in [-0.39, 0.29) is 49.1 Å². The van der Waals surface area contributed by atoms with Gasteiger partial charge in [-0.3, -0.25) is 9.80 Å². The Kier molecular flexibility index (Phi) is 8.46. The standard InChI is InChI=1S/C34H34F2N6O7S/c1-3-24-25(36)6-5-19-9-23(48-18-45-2)10-26(27(19)24)49-32-37-28-29(40-13-21-15-46-16-22(14-40)42(21)33(43)44)38-31(39-30(28)50-32)47-17-34-7-4-8-41(34)12-20(35)11-34/h1,5-6,9-10,20-22H,4,7-8,11-18H2,2H3,(H,43,44)/t20-,21?,22?,34+/m1/s1. The molecular weight excluding hydrogens is 674 g/mol. The van der Waals surface area contributed by atoms with Crippen LogP contribution in [-0.2, 0) is 9.47 Å². The fraction of sp³-hybridized carbons (Fsp3) is 0.471. The van der Waals surface area contributed by atoms with Crippen molar-refractivity contribution in [3.63, 3.8) is 0 Å². The normalized spacial score (nSPS) is 24.8. The molecule has 13 nitrogen and oxygen atoms in total. The number of alkyl halides is 1. The maximum Gasteiger partial charge on any atom is 0.408 e. The second kappa shape index (κ2) is 13.0. The predicted molar refractivity (Wildman–Crippen MR) is 179 cm³/mol. The zero-order valence-electron chi connectivity index (χ0n) is 27.1. The highest BCUT2D eigenvalue weighted by atomic mass is 32.1. The van der Waals surface area contributed by atoms with Crippen LogP contribution in [0.1, 0.15) is 24.8 Å². The van der Waals surface area contributed by atoms with Crippen LogP contribution in [0.4, 0.5) is 19.4 Å². The summed E-state index contributed by atoms with van der Waals surface area (Å²) in [5.74, 6) is 2.93. The minimum atomic E-state index is -1.00. The lowest BCUT2D eigenvalue weighted by atomic mass is 9.95. The highest BCUT2D eigenvalue weighted by Crippen LogP contribution is 2.43. The highest BCUT2D eigenvalue weighted by molar-refractivity contribution is 7.19. The Morgan fingerprint density at radius 3 is 2.76 bits per heavy atom. The molecule has 262 valence electrons. The van der Waals surface area contributed by atoms with E-state index < -0.39 is 35.7 Å². The maximum atomic E-state index is 14.9. The minimum Gasteiger partial charge on any atom is -0.467 e. The van der Waals surface area contributed by atoms with Gasteiger partial charge in [-0.15, -0.1) is 6.42 Å². The summed E-state index contributed by atoms with van der Waals surface area (Å²) in [5.41, 5.74) is 0.0354. The van der Waals surface area contributed by atoms with Crippen molar-refractivity contribution in [3.05, 3.63) is 35.6 Å². The first kappa shape index (κ1) is 32.6. The van der Waals surface area contributed by atoms with Crippen molar-refractivity contribution in [2.45, 2.75) is 43.1 Å². The Balaban J connectivity index is 1.19. The number of aromatic nitrogens is 3. The number of hydrogen-bond donors (Lipinski definition) is 1. The predicted octanol–water partition coefficient (Wildman–Crippen LogP) is 4.66. The quantitative estimate of drug-likeness (QED) is 0.192. The average molecular weight is 709 g/mol. The Morgan fingerprint density at radius 1 is 1.18 bits per heavy atom. The van der Waals surface area contributed by atoms with Gasteiger partial charge in [0.15, 0.2) is 17.4 Å². The van der Waals surface area contributed by atoms with E-state index in [1.54, 1.807) is 18.2 Å². The van der Waals surface area contributed by atoms with Crippen LogP contribution >= 0.6 is 11.3 Å². The second-order valence-corrected chi connectivity index (χ2v) is 13.9.